The van der Waals surface area contributed by atoms with Crippen LogP contribution in [0, 0.1) is 9.39 Å². The van der Waals surface area contributed by atoms with Crippen LogP contribution in [0.1, 0.15) is 0 Å². The molecule has 0 saturated carbocycles. The molecular formula is C12H7ClFIO. The standard InChI is InChI=1S/C12H7ClFIO/c13-11-6-1-8(14)7-12(11)16-10-4-2-9(15)3-5-10/h1-7H. The van der Waals surface area contributed by atoms with Crippen molar-refractivity contribution in [1.29, 1.82) is 0 Å². The second-order valence-corrected chi connectivity index (χ2v) is 4.78. The average molecular weight is 349 g/mol. The first-order valence-corrected chi connectivity index (χ1v) is 5.99. The third kappa shape index (κ3) is 2.86. The van der Waals surface area contributed by atoms with Crippen LogP contribution in [0.2, 0.25) is 5.02 Å². The second-order valence-electron chi connectivity index (χ2n) is 3.13. The monoisotopic (exact) mass is 348 g/mol. The van der Waals surface area contributed by atoms with E-state index in [1.54, 1.807) is 0 Å². The summed E-state index contributed by atoms with van der Waals surface area (Å²) in [7, 11) is 0. The van der Waals surface area contributed by atoms with Crippen LogP contribution in [0.15, 0.2) is 42.5 Å². The maximum atomic E-state index is 13.0. The van der Waals surface area contributed by atoms with Crippen molar-refractivity contribution in [2.45, 2.75) is 0 Å². The zero-order valence-corrected chi connectivity index (χ0v) is 11.0. The van der Waals surface area contributed by atoms with Gasteiger partial charge in [-0.2, -0.15) is 0 Å². The summed E-state index contributed by atoms with van der Waals surface area (Å²) < 4.78 is 19.6. The van der Waals surface area contributed by atoms with Crippen molar-refractivity contribution in [2.24, 2.45) is 0 Å². The van der Waals surface area contributed by atoms with Crippen LogP contribution >= 0.6 is 34.2 Å². The third-order valence-corrected chi connectivity index (χ3v) is 2.97. The minimum Gasteiger partial charge on any atom is -0.456 e. The van der Waals surface area contributed by atoms with Gasteiger partial charge in [0.2, 0.25) is 0 Å². The van der Waals surface area contributed by atoms with E-state index in [1.165, 1.54) is 18.2 Å². The Balaban J connectivity index is 2.26. The average Bonchev–Trinajstić information content (AvgIpc) is 2.27. The van der Waals surface area contributed by atoms with Gasteiger partial charge in [0.15, 0.2) is 0 Å². The molecule has 1 nitrogen and oxygen atoms in total. The molecule has 0 atom stereocenters. The van der Waals surface area contributed by atoms with Crippen LogP contribution in [0.5, 0.6) is 11.5 Å². The van der Waals surface area contributed by atoms with Gasteiger partial charge >= 0.3 is 0 Å². The van der Waals surface area contributed by atoms with Gasteiger partial charge in [-0.15, -0.1) is 0 Å². The summed E-state index contributed by atoms with van der Waals surface area (Å²) >= 11 is 8.08. The molecule has 0 N–H and O–H groups in total. The maximum Gasteiger partial charge on any atom is 0.148 e. The van der Waals surface area contributed by atoms with Gasteiger partial charge in [-0.05, 0) is 59.0 Å². The van der Waals surface area contributed by atoms with Crippen LogP contribution in [0.4, 0.5) is 4.39 Å². The Kier molecular flexibility index (Phi) is 3.66. The molecule has 2 rings (SSSR count). The SMILES string of the molecule is Fc1ccc(Cl)c(Oc2ccc(I)cc2)c1. The van der Waals surface area contributed by atoms with Crippen LogP contribution in [0.25, 0.3) is 0 Å². The Bertz CT molecular complexity index is 499. The maximum absolute atomic E-state index is 13.0. The Hall–Kier alpha value is -0.810. The molecule has 2 aromatic rings. The summed E-state index contributed by atoms with van der Waals surface area (Å²) in [6.45, 7) is 0. The molecule has 82 valence electrons. The topological polar surface area (TPSA) is 9.23 Å². The van der Waals surface area contributed by atoms with Gasteiger partial charge in [0, 0.05) is 9.64 Å². The molecule has 4 heteroatoms. The normalized spacial score (nSPS) is 10.2. The van der Waals surface area contributed by atoms with Crippen LogP contribution in [0.3, 0.4) is 0 Å². The summed E-state index contributed by atoms with van der Waals surface area (Å²) in [5.41, 5.74) is 0. The van der Waals surface area contributed by atoms with Crippen molar-refractivity contribution in [2.75, 3.05) is 0 Å². The molecule has 0 aliphatic carbocycles. The Labute approximate surface area is 111 Å². The number of hydrogen-bond donors (Lipinski definition) is 0. The highest BCUT2D eigenvalue weighted by atomic mass is 127. The number of halogens is 3. The minimum atomic E-state index is -0.370. The van der Waals surface area contributed by atoms with Gasteiger partial charge in [-0.3, -0.25) is 0 Å². The molecule has 16 heavy (non-hydrogen) atoms. The number of hydrogen-bond acceptors (Lipinski definition) is 1. The highest BCUT2D eigenvalue weighted by molar-refractivity contribution is 14.1. The Morgan fingerprint density at radius 3 is 2.44 bits per heavy atom. The van der Waals surface area contributed by atoms with Crippen LogP contribution < -0.4 is 4.74 Å². The van der Waals surface area contributed by atoms with E-state index in [2.05, 4.69) is 22.6 Å². The predicted octanol–water partition coefficient (Wildman–Crippen LogP) is 4.88. The predicted molar refractivity (Wildman–Crippen MR) is 70.6 cm³/mol. The van der Waals surface area contributed by atoms with E-state index in [9.17, 15) is 4.39 Å². The molecule has 0 radical (unpaired) electrons. The lowest BCUT2D eigenvalue weighted by atomic mass is 10.3. The van der Waals surface area contributed by atoms with Crippen molar-refractivity contribution in [3.63, 3.8) is 0 Å². The summed E-state index contributed by atoms with van der Waals surface area (Å²) in [4.78, 5) is 0. The molecule has 0 aromatic heterocycles. The Morgan fingerprint density at radius 1 is 1.06 bits per heavy atom. The van der Waals surface area contributed by atoms with Crippen molar-refractivity contribution < 1.29 is 9.13 Å². The smallest absolute Gasteiger partial charge is 0.148 e. The molecule has 0 unspecified atom stereocenters. The summed E-state index contributed by atoms with van der Waals surface area (Å²) in [5.74, 6) is 0.584. The second kappa shape index (κ2) is 5.01. The lowest BCUT2D eigenvalue weighted by Crippen LogP contribution is -1.86. The molecule has 0 amide bonds. The van der Waals surface area contributed by atoms with E-state index in [-0.39, 0.29) is 5.82 Å². The van der Waals surface area contributed by atoms with Crippen LogP contribution in [-0.2, 0) is 0 Å². The van der Waals surface area contributed by atoms with E-state index in [0.717, 1.165) is 3.57 Å². The number of rotatable bonds is 2. The van der Waals surface area contributed by atoms with Gasteiger partial charge in [0.1, 0.15) is 17.3 Å². The van der Waals surface area contributed by atoms with Gasteiger partial charge in [0.05, 0.1) is 5.02 Å². The van der Waals surface area contributed by atoms with Crippen molar-refractivity contribution >= 4 is 34.2 Å². The van der Waals surface area contributed by atoms with Crippen LogP contribution in [-0.4, -0.2) is 0 Å². The quantitative estimate of drug-likeness (QED) is 0.703. The first-order valence-electron chi connectivity index (χ1n) is 4.53. The van der Waals surface area contributed by atoms with Gasteiger partial charge in [0.25, 0.3) is 0 Å². The Morgan fingerprint density at radius 2 is 1.75 bits per heavy atom. The zero-order chi connectivity index (χ0) is 11.5. The zero-order valence-electron chi connectivity index (χ0n) is 8.08. The number of benzene rings is 2. The molecule has 0 bridgehead atoms. The largest absolute Gasteiger partial charge is 0.456 e. The van der Waals surface area contributed by atoms with Gasteiger partial charge in [-0.25, -0.2) is 4.39 Å². The van der Waals surface area contributed by atoms with E-state index >= 15 is 0 Å². The molecule has 0 heterocycles. The van der Waals surface area contributed by atoms with E-state index in [4.69, 9.17) is 16.3 Å². The molecule has 2 aromatic carbocycles. The molecular weight excluding hydrogens is 341 g/mol. The first-order chi connectivity index (χ1) is 7.65. The lowest BCUT2D eigenvalue weighted by Gasteiger charge is -2.07. The van der Waals surface area contributed by atoms with E-state index < -0.39 is 0 Å². The molecule has 0 spiro atoms. The van der Waals surface area contributed by atoms with E-state index in [1.807, 2.05) is 24.3 Å². The molecule has 0 fully saturated rings. The lowest BCUT2D eigenvalue weighted by molar-refractivity contribution is 0.477. The highest BCUT2D eigenvalue weighted by Crippen LogP contribution is 2.30. The van der Waals surface area contributed by atoms with Gasteiger partial charge < -0.3 is 4.74 Å². The van der Waals surface area contributed by atoms with Gasteiger partial charge in [-0.1, -0.05) is 11.6 Å². The summed E-state index contributed by atoms with van der Waals surface area (Å²) in [6, 6.07) is 11.5. The highest BCUT2D eigenvalue weighted by Gasteiger charge is 2.04. The summed E-state index contributed by atoms with van der Waals surface area (Å²) in [6.07, 6.45) is 0. The fraction of sp³-hybridized carbons (Fsp3) is 0. The third-order valence-electron chi connectivity index (χ3n) is 1.93. The molecule has 0 aliphatic rings. The fourth-order valence-electron chi connectivity index (χ4n) is 1.19. The number of ether oxygens (including phenoxy) is 1. The fourth-order valence-corrected chi connectivity index (χ4v) is 1.70. The van der Waals surface area contributed by atoms with E-state index in [0.29, 0.717) is 16.5 Å². The summed E-state index contributed by atoms with van der Waals surface area (Å²) in [5, 5.41) is 0.389. The minimum absolute atomic E-state index is 0.322. The molecule has 0 saturated heterocycles. The first kappa shape index (κ1) is 11.7. The van der Waals surface area contributed by atoms with Crippen molar-refractivity contribution in [1.82, 2.24) is 0 Å². The molecule has 0 aliphatic heterocycles. The van der Waals surface area contributed by atoms with Crippen molar-refractivity contribution in [3.05, 3.63) is 56.9 Å². The van der Waals surface area contributed by atoms with Crippen molar-refractivity contribution in [3.8, 4) is 11.5 Å².